The molecular formula is C20H18N4O. The van der Waals surface area contributed by atoms with Crippen LogP contribution >= 0.6 is 0 Å². The maximum Gasteiger partial charge on any atom is 0.229 e. The Labute approximate surface area is 145 Å². The zero-order valence-corrected chi connectivity index (χ0v) is 13.9. The number of aromatic nitrogens is 3. The SMILES string of the molecule is COCc1ccc(Nc2ncc3ccn(-c4ccccc4)c3n2)cc1. The van der Waals surface area contributed by atoms with E-state index in [2.05, 4.69) is 32.0 Å². The monoisotopic (exact) mass is 330 g/mol. The fraction of sp³-hybridized carbons (Fsp3) is 0.100. The number of methoxy groups -OCH3 is 1. The van der Waals surface area contributed by atoms with Gasteiger partial charge in [0.2, 0.25) is 5.95 Å². The minimum atomic E-state index is 0.572. The number of rotatable bonds is 5. The molecule has 0 aliphatic heterocycles. The lowest BCUT2D eigenvalue weighted by Crippen LogP contribution is -2.00. The Hall–Kier alpha value is -3.18. The molecule has 0 aliphatic rings. The van der Waals surface area contributed by atoms with Crippen molar-refractivity contribution in [1.82, 2.24) is 14.5 Å². The molecule has 0 radical (unpaired) electrons. The molecule has 0 spiro atoms. The van der Waals surface area contributed by atoms with E-state index in [1.807, 2.05) is 60.9 Å². The molecule has 0 unspecified atom stereocenters. The fourth-order valence-corrected chi connectivity index (χ4v) is 2.76. The Kier molecular flexibility index (Phi) is 4.14. The van der Waals surface area contributed by atoms with Gasteiger partial charge in [-0.15, -0.1) is 0 Å². The van der Waals surface area contributed by atoms with Gasteiger partial charge in [-0.2, -0.15) is 4.98 Å². The van der Waals surface area contributed by atoms with Crippen LogP contribution < -0.4 is 5.32 Å². The van der Waals surface area contributed by atoms with Gasteiger partial charge in [0.1, 0.15) is 5.65 Å². The van der Waals surface area contributed by atoms with E-state index in [1.54, 1.807) is 7.11 Å². The molecule has 2 aromatic heterocycles. The van der Waals surface area contributed by atoms with E-state index in [0.29, 0.717) is 12.6 Å². The van der Waals surface area contributed by atoms with Gasteiger partial charge in [0.05, 0.1) is 6.61 Å². The molecule has 0 bridgehead atoms. The summed E-state index contributed by atoms with van der Waals surface area (Å²) in [5.74, 6) is 0.572. The summed E-state index contributed by atoms with van der Waals surface area (Å²) >= 11 is 0. The second-order valence-electron chi connectivity index (χ2n) is 5.75. The molecule has 4 rings (SSSR count). The number of nitrogens with zero attached hydrogens (tertiary/aromatic N) is 3. The van der Waals surface area contributed by atoms with Crippen LogP contribution in [0.15, 0.2) is 73.1 Å². The third kappa shape index (κ3) is 3.22. The lowest BCUT2D eigenvalue weighted by molar-refractivity contribution is 0.185. The predicted octanol–water partition coefficient (Wildman–Crippen LogP) is 4.31. The summed E-state index contributed by atoms with van der Waals surface area (Å²) in [6.07, 6.45) is 3.85. The number of hydrogen-bond donors (Lipinski definition) is 1. The van der Waals surface area contributed by atoms with E-state index in [1.165, 1.54) is 0 Å². The van der Waals surface area contributed by atoms with Crippen LogP contribution in [0.2, 0.25) is 0 Å². The molecule has 5 heteroatoms. The fourth-order valence-electron chi connectivity index (χ4n) is 2.76. The highest BCUT2D eigenvalue weighted by atomic mass is 16.5. The van der Waals surface area contributed by atoms with Gasteiger partial charge in [0.25, 0.3) is 0 Å². The Morgan fingerprint density at radius 3 is 2.56 bits per heavy atom. The largest absolute Gasteiger partial charge is 0.380 e. The van der Waals surface area contributed by atoms with Gasteiger partial charge < -0.3 is 14.6 Å². The highest BCUT2D eigenvalue weighted by molar-refractivity contribution is 5.78. The van der Waals surface area contributed by atoms with Gasteiger partial charge in [-0.3, -0.25) is 0 Å². The molecule has 0 saturated heterocycles. The van der Waals surface area contributed by atoms with E-state index in [0.717, 1.165) is 28.0 Å². The first kappa shape index (κ1) is 15.4. The zero-order chi connectivity index (χ0) is 17.1. The first-order chi connectivity index (χ1) is 12.3. The summed E-state index contributed by atoms with van der Waals surface area (Å²) < 4.78 is 7.19. The Bertz CT molecular complexity index is 978. The molecule has 2 aromatic carbocycles. The first-order valence-corrected chi connectivity index (χ1v) is 8.08. The molecule has 0 atom stereocenters. The molecule has 4 aromatic rings. The summed E-state index contributed by atoms with van der Waals surface area (Å²) in [6.45, 7) is 0.604. The quantitative estimate of drug-likeness (QED) is 0.592. The zero-order valence-electron chi connectivity index (χ0n) is 13.9. The van der Waals surface area contributed by atoms with Crippen molar-refractivity contribution in [2.75, 3.05) is 12.4 Å². The molecule has 0 amide bonds. The standard InChI is InChI=1S/C20H18N4O/c1-25-14-15-7-9-17(10-8-15)22-20-21-13-16-11-12-24(19(16)23-20)18-5-3-2-4-6-18/h2-13H,14H2,1H3,(H,21,22,23). The van der Waals surface area contributed by atoms with Crippen molar-refractivity contribution in [3.63, 3.8) is 0 Å². The first-order valence-electron chi connectivity index (χ1n) is 8.08. The summed E-state index contributed by atoms with van der Waals surface area (Å²) in [5.41, 5.74) is 4.02. The minimum absolute atomic E-state index is 0.572. The molecule has 1 N–H and O–H groups in total. The van der Waals surface area contributed by atoms with E-state index in [9.17, 15) is 0 Å². The third-order valence-corrected chi connectivity index (χ3v) is 3.98. The van der Waals surface area contributed by atoms with Crippen LogP contribution in [0.4, 0.5) is 11.6 Å². The number of ether oxygens (including phenoxy) is 1. The van der Waals surface area contributed by atoms with Gasteiger partial charge in [-0.25, -0.2) is 4.98 Å². The van der Waals surface area contributed by atoms with E-state index in [-0.39, 0.29) is 0 Å². The molecule has 2 heterocycles. The topological polar surface area (TPSA) is 52.0 Å². The normalized spacial score (nSPS) is 10.9. The van der Waals surface area contributed by atoms with E-state index < -0.39 is 0 Å². The summed E-state index contributed by atoms with van der Waals surface area (Å²) in [7, 11) is 1.69. The summed E-state index contributed by atoms with van der Waals surface area (Å²) in [5, 5.41) is 4.26. The van der Waals surface area contributed by atoms with Crippen LogP contribution in [-0.4, -0.2) is 21.6 Å². The van der Waals surface area contributed by atoms with Gasteiger partial charge in [-0.1, -0.05) is 30.3 Å². The predicted molar refractivity (Wildman–Crippen MR) is 99.3 cm³/mol. The lowest BCUT2D eigenvalue weighted by Gasteiger charge is -2.08. The van der Waals surface area contributed by atoms with E-state index in [4.69, 9.17) is 4.74 Å². The molecule has 5 nitrogen and oxygen atoms in total. The van der Waals surface area contributed by atoms with Crippen molar-refractivity contribution < 1.29 is 4.74 Å². The summed E-state index contributed by atoms with van der Waals surface area (Å²) in [6, 6.07) is 20.2. The molecule has 25 heavy (non-hydrogen) atoms. The Balaban J connectivity index is 1.64. The van der Waals surface area contributed by atoms with Crippen LogP contribution in [0, 0.1) is 0 Å². The van der Waals surface area contributed by atoms with Crippen LogP contribution in [0.3, 0.4) is 0 Å². The maximum atomic E-state index is 5.13. The van der Waals surface area contributed by atoms with Crippen molar-refractivity contribution in [1.29, 1.82) is 0 Å². The van der Waals surface area contributed by atoms with Gasteiger partial charge in [-0.05, 0) is 35.9 Å². The summed E-state index contributed by atoms with van der Waals surface area (Å²) in [4.78, 5) is 9.09. The van der Waals surface area contributed by atoms with Gasteiger partial charge >= 0.3 is 0 Å². The second-order valence-corrected chi connectivity index (χ2v) is 5.75. The molecule has 0 aliphatic carbocycles. The molecular weight excluding hydrogens is 312 g/mol. The number of nitrogens with one attached hydrogen (secondary N) is 1. The van der Waals surface area contributed by atoms with Gasteiger partial charge in [0.15, 0.2) is 0 Å². The average Bonchev–Trinajstić information content (AvgIpc) is 3.08. The van der Waals surface area contributed by atoms with Crippen LogP contribution in [-0.2, 0) is 11.3 Å². The highest BCUT2D eigenvalue weighted by Gasteiger charge is 2.07. The molecule has 0 saturated carbocycles. The highest BCUT2D eigenvalue weighted by Crippen LogP contribution is 2.21. The number of para-hydroxylation sites is 1. The Morgan fingerprint density at radius 2 is 1.80 bits per heavy atom. The van der Waals surface area contributed by atoms with Crippen molar-refractivity contribution >= 4 is 22.7 Å². The van der Waals surface area contributed by atoms with E-state index >= 15 is 0 Å². The van der Waals surface area contributed by atoms with Crippen molar-refractivity contribution in [3.05, 3.63) is 78.6 Å². The number of anilines is 2. The number of benzene rings is 2. The maximum absolute atomic E-state index is 5.13. The lowest BCUT2D eigenvalue weighted by atomic mass is 10.2. The third-order valence-electron chi connectivity index (χ3n) is 3.98. The van der Waals surface area contributed by atoms with Crippen LogP contribution in [0.25, 0.3) is 16.7 Å². The average molecular weight is 330 g/mol. The second kappa shape index (κ2) is 6.75. The Morgan fingerprint density at radius 1 is 1.00 bits per heavy atom. The van der Waals surface area contributed by atoms with Crippen LogP contribution in [0.5, 0.6) is 0 Å². The number of hydrogen-bond acceptors (Lipinski definition) is 4. The van der Waals surface area contributed by atoms with Crippen LogP contribution in [0.1, 0.15) is 5.56 Å². The molecule has 0 fully saturated rings. The smallest absolute Gasteiger partial charge is 0.229 e. The molecule has 124 valence electrons. The van der Waals surface area contributed by atoms with Crippen molar-refractivity contribution in [3.8, 4) is 5.69 Å². The minimum Gasteiger partial charge on any atom is -0.380 e. The van der Waals surface area contributed by atoms with Gasteiger partial charge in [0, 0.05) is 36.3 Å². The van der Waals surface area contributed by atoms with Crippen molar-refractivity contribution in [2.45, 2.75) is 6.61 Å². The number of fused-ring (bicyclic) bond motifs is 1. The van der Waals surface area contributed by atoms with Crippen molar-refractivity contribution in [2.24, 2.45) is 0 Å².